The van der Waals surface area contributed by atoms with E-state index in [1.54, 1.807) is 0 Å². The molecular weight excluding hydrogens is 587 g/mol. The van der Waals surface area contributed by atoms with Gasteiger partial charge in [0.1, 0.15) is 0 Å². The Morgan fingerprint density at radius 3 is 2.06 bits per heavy atom. The Labute approximate surface area is 276 Å². The van der Waals surface area contributed by atoms with Crippen molar-refractivity contribution < 1.29 is 0 Å². The number of rotatable bonds is 4. The van der Waals surface area contributed by atoms with Crippen molar-refractivity contribution in [3.63, 3.8) is 0 Å². The lowest BCUT2D eigenvalue weighted by Gasteiger charge is -2.10. The molecule has 224 valence electrons. The lowest BCUT2D eigenvalue weighted by atomic mass is 10.0. The van der Waals surface area contributed by atoms with Crippen LogP contribution < -0.4 is 0 Å². The van der Waals surface area contributed by atoms with Gasteiger partial charge in [-0.2, -0.15) is 0 Å². The summed E-state index contributed by atoms with van der Waals surface area (Å²) < 4.78 is 4.50. The smallest absolute Gasteiger partial charge is 0.235 e. The van der Waals surface area contributed by atoms with Crippen LogP contribution in [0.15, 0.2) is 164 Å². The highest BCUT2D eigenvalue weighted by atomic mass is 15.2. The van der Waals surface area contributed by atoms with Crippen molar-refractivity contribution in [3.05, 3.63) is 164 Å². The fourth-order valence-corrected chi connectivity index (χ4v) is 7.26. The van der Waals surface area contributed by atoms with Crippen molar-refractivity contribution in [1.82, 2.24) is 24.1 Å². The topological polar surface area (TPSA) is 48.5 Å². The van der Waals surface area contributed by atoms with Crippen LogP contribution in [-0.4, -0.2) is 24.1 Å². The van der Waals surface area contributed by atoms with Crippen LogP contribution in [0.2, 0.25) is 0 Å². The van der Waals surface area contributed by atoms with E-state index in [9.17, 15) is 0 Å². The van der Waals surface area contributed by atoms with E-state index in [0.717, 1.165) is 60.8 Å². The minimum Gasteiger partial charge on any atom is -0.309 e. The average molecular weight is 614 g/mol. The average Bonchev–Trinajstić information content (AvgIpc) is 3.67. The summed E-state index contributed by atoms with van der Waals surface area (Å²) in [6.07, 6.45) is 3.80. The first-order valence-corrected chi connectivity index (χ1v) is 16.1. The number of aromatic nitrogens is 5. The van der Waals surface area contributed by atoms with Gasteiger partial charge in [0.15, 0.2) is 0 Å². The molecule has 10 aromatic rings. The molecule has 4 heterocycles. The minimum absolute atomic E-state index is 0.624. The van der Waals surface area contributed by atoms with Crippen LogP contribution >= 0.6 is 0 Å². The van der Waals surface area contributed by atoms with Gasteiger partial charge in [-0.25, -0.2) is 9.97 Å². The third-order valence-corrected chi connectivity index (χ3v) is 9.44. The molecule has 4 aromatic heterocycles. The summed E-state index contributed by atoms with van der Waals surface area (Å²) >= 11 is 0. The highest BCUT2D eigenvalue weighted by Crippen LogP contribution is 2.37. The molecule has 6 aromatic carbocycles. The predicted octanol–water partition coefficient (Wildman–Crippen LogP) is 10.6. The number of hydrogen-bond donors (Lipinski definition) is 0. The molecule has 0 fully saturated rings. The van der Waals surface area contributed by atoms with Crippen LogP contribution in [0.5, 0.6) is 0 Å². The number of benzene rings is 6. The molecule has 0 unspecified atom stereocenters. The third kappa shape index (κ3) is 4.01. The van der Waals surface area contributed by atoms with Crippen LogP contribution in [0, 0.1) is 0 Å². The van der Waals surface area contributed by atoms with Crippen molar-refractivity contribution in [2.75, 3.05) is 0 Å². The van der Waals surface area contributed by atoms with Gasteiger partial charge in [0.25, 0.3) is 0 Å². The Balaban J connectivity index is 1.17. The number of para-hydroxylation sites is 2. The van der Waals surface area contributed by atoms with Crippen LogP contribution in [0.25, 0.3) is 88.5 Å². The normalized spacial score (nSPS) is 11.8. The molecule has 10 rings (SSSR count). The van der Waals surface area contributed by atoms with Gasteiger partial charge in [0, 0.05) is 39.6 Å². The maximum atomic E-state index is 5.13. The highest BCUT2D eigenvalue weighted by molar-refractivity contribution is 6.11. The van der Waals surface area contributed by atoms with E-state index in [1.165, 1.54) is 21.8 Å². The summed E-state index contributed by atoms with van der Waals surface area (Å²) in [4.78, 5) is 14.9. The highest BCUT2D eigenvalue weighted by Gasteiger charge is 2.18. The molecule has 0 aliphatic rings. The fraction of sp³-hybridized carbons (Fsp3) is 0. The maximum absolute atomic E-state index is 5.13. The zero-order valence-corrected chi connectivity index (χ0v) is 25.8. The monoisotopic (exact) mass is 613 g/mol. The quantitative estimate of drug-likeness (QED) is 0.198. The molecule has 0 atom stereocenters. The van der Waals surface area contributed by atoms with Gasteiger partial charge in [0.05, 0.1) is 33.1 Å². The molecule has 0 saturated carbocycles. The second-order valence-electron chi connectivity index (χ2n) is 12.1. The van der Waals surface area contributed by atoms with Gasteiger partial charge in [-0.15, -0.1) is 0 Å². The maximum Gasteiger partial charge on any atom is 0.235 e. The molecule has 0 saturated heterocycles. The second-order valence-corrected chi connectivity index (χ2v) is 12.1. The summed E-state index contributed by atoms with van der Waals surface area (Å²) in [5.74, 6) is 0.624. The molecule has 0 N–H and O–H groups in total. The molecule has 5 nitrogen and oxygen atoms in total. The van der Waals surface area contributed by atoms with Crippen LogP contribution in [0.4, 0.5) is 0 Å². The van der Waals surface area contributed by atoms with Crippen LogP contribution in [0.3, 0.4) is 0 Å². The molecular formula is C43H27N5. The van der Waals surface area contributed by atoms with Gasteiger partial charge < -0.3 is 4.57 Å². The van der Waals surface area contributed by atoms with Crippen LogP contribution in [0.1, 0.15) is 0 Å². The summed E-state index contributed by atoms with van der Waals surface area (Å²) in [5, 5.41) is 4.55. The SMILES string of the molecule is c1ccc(-c2cccc3nc(-n4c5cc(-c6ccc7c(c6)c6ccccc6n7-c6ccccc6)ccc5c5ncccc54)ncc23)cc1. The largest absolute Gasteiger partial charge is 0.309 e. The Bertz CT molecular complexity index is 2830. The number of hydrogen-bond acceptors (Lipinski definition) is 3. The molecule has 0 aliphatic heterocycles. The number of nitrogens with zero attached hydrogens (tertiary/aromatic N) is 5. The predicted molar refractivity (Wildman–Crippen MR) is 197 cm³/mol. The minimum atomic E-state index is 0.624. The van der Waals surface area contributed by atoms with Gasteiger partial charge >= 0.3 is 0 Å². The molecule has 0 aliphatic carbocycles. The summed E-state index contributed by atoms with van der Waals surface area (Å²) in [6, 6.07) is 53.4. The van der Waals surface area contributed by atoms with Crippen molar-refractivity contribution in [2.24, 2.45) is 0 Å². The molecule has 0 amide bonds. The Morgan fingerprint density at radius 2 is 1.17 bits per heavy atom. The fourth-order valence-electron chi connectivity index (χ4n) is 7.26. The zero-order valence-electron chi connectivity index (χ0n) is 25.8. The first-order chi connectivity index (χ1) is 23.8. The molecule has 0 bridgehead atoms. The first-order valence-electron chi connectivity index (χ1n) is 16.1. The van der Waals surface area contributed by atoms with Gasteiger partial charge in [-0.05, 0) is 82.9 Å². The lowest BCUT2D eigenvalue weighted by Crippen LogP contribution is -2.01. The molecule has 48 heavy (non-hydrogen) atoms. The zero-order chi connectivity index (χ0) is 31.6. The van der Waals surface area contributed by atoms with Gasteiger partial charge in [-0.1, -0.05) is 91.0 Å². The van der Waals surface area contributed by atoms with Crippen LogP contribution in [-0.2, 0) is 0 Å². The van der Waals surface area contributed by atoms with E-state index >= 15 is 0 Å². The first kappa shape index (κ1) is 26.6. The lowest BCUT2D eigenvalue weighted by molar-refractivity contribution is 1.01. The van der Waals surface area contributed by atoms with Gasteiger partial charge in [-0.3, -0.25) is 9.55 Å². The standard InChI is InChI=1S/C43H27N5/c1-3-11-28(12-4-1)32-16-9-17-37-36(32)27-45-43(46-37)48-40-19-10-24-44-42(40)34-22-20-30(26-41(34)48)29-21-23-39-35(25-29)33-15-7-8-18-38(33)47(39)31-13-5-2-6-14-31/h1-27H. The molecule has 0 radical (unpaired) electrons. The van der Waals surface area contributed by atoms with Crippen molar-refractivity contribution >= 4 is 54.6 Å². The second kappa shape index (κ2) is 10.5. The summed E-state index contributed by atoms with van der Waals surface area (Å²) in [5.41, 5.74) is 11.9. The van der Waals surface area contributed by atoms with Gasteiger partial charge in [0.2, 0.25) is 5.95 Å². The van der Waals surface area contributed by atoms with Crippen molar-refractivity contribution in [2.45, 2.75) is 0 Å². The van der Waals surface area contributed by atoms with E-state index in [0.29, 0.717) is 5.95 Å². The number of pyridine rings is 1. The molecule has 0 spiro atoms. The van der Waals surface area contributed by atoms with E-state index < -0.39 is 0 Å². The molecule has 5 heteroatoms. The number of fused-ring (bicyclic) bond motifs is 7. The van der Waals surface area contributed by atoms with E-state index in [1.807, 2.05) is 24.5 Å². The third-order valence-electron chi connectivity index (χ3n) is 9.44. The Morgan fingerprint density at radius 1 is 0.417 bits per heavy atom. The Hall–Kier alpha value is -6.59. The van der Waals surface area contributed by atoms with Crippen molar-refractivity contribution in [1.29, 1.82) is 0 Å². The van der Waals surface area contributed by atoms with E-state index in [4.69, 9.17) is 15.0 Å². The van der Waals surface area contributed by atoms with E-state index in [-0.39, 0.29) is 0 Å². The summed E-state index contributed by atoms with van der Waals surface area (Å²) in [6.45, 7) is 0. The van der Waals surface area contributed by atoms with Crippen molar-refractivity contribution in [3.8, 4) is 33.9 Å². The Kier molecular flexibility index (Phi) is 5.81. The summed E-state index contributed by atoms with van der Waals surface area (Å²) in [7, 11) is 0. The van der Waals surface area contributed by atoms with E-state index in [2.05, 4.69) is 149 Å².